The lowest BCUT2D eigenvalue weighted by Crippen LogP contribution is -2.39. The molecule has 0 unspecified atom stereocenters. The van der Waals surface area contributed by atoms with Crippen LogP contribution in [0.25, 0.3) is 0 Å². The predicted molar refractivity (Wildman–Crippen MR) is 132 cm³/mol. The zero-order valence-corrected chi connectivity index (χ0v) is 20.2. The number of carbonyl (C=O) groups excluding carboxylic acids is 2. The van der Waals surface area contributed by atoms with Gasteiger partial charge in [-0.05, 0) is 61.8 Å². The van der Waals surface area contributed by atoms with Crippen LogP contribution in [0, 0.1) is 12.3 Å². The highest BCUT2D eigenvalue weighted by Crippen LogP contribution is 2.46. The number of anilines is 1. The minimum atomic E-state index is -0.379. The molecule has 0 bridgehead atoms. The zero-order chi connectivity index (χ0) is 23.0. The summed E-state index contributed by atoms with van der Waals surface area (Å²) in [6.07, 6.45) is 3.31. The Morgan fingerprint density at radius 2 is 1.69 bits per heavy atom. The summed E-state index contributed by atoms with van der Waals surface area (Å²) < 4.78 is 0. The average molecular weight is 447 g/mol. The van der Waals surface area contributed by atoms with Crippen molar-refractivity contribution in [2.75, 3.05) is 11.6 Å². The van der Waals surface area contributed by atoms with Crippen LogP contribution in [-0.2, 0) is 9.59 Å². The summed E-state index contributed by atoms with van der Waals surface area (Å²) in [7, 11) is 0. The second-order valence-corrected chi connectivity index (χ2v) is 10.4. The minimum absolute atomic E-state index is 0.0991. The SMILES string of the molecule is CSc1ccc([C@H]2C(C(=O)Nc3ccc(C)cc3)=C(C)NC3=C2C(=O)CC(C)(C)C3)cc1. The maximum absolute atomic E-state index is 13.5. The highest BCUT2D eigenvalue weighted by atomic mass is 32.2. The Kier molecular flexibility index (Phi) is 6.04. The summed E-state index contributed by atoms with van der Waals surface area (Å²) in [5.41, 5.74) is 5.85. The van der Waals surface area contributed by atoms with Crippen LogP contribution in [0.15, 0.2) is 76.0 Å². The molecule has 0 radical (unpaired) electrons. The van der Waals surface area contributed by atoms with Gasteiger partial charge in [-0.3, -0.25) is 9.59 Å². The van der Waals surface area contributed by atoms with E-state index in [4.69, 9.17) is 0 Å². The molecule has 0 saturated heterocycles. The highest BCUT2D eigenvalue weighted by molar-refractivity contribution is 7.98. The topological polar surface area (TPSA) is 58.2 Å². The van der Waals surface area contributed by atoms with Crippen LogP contribution in [0.4, 0.5) is 5.69 Å². The van der Waals surface area contributed by atoms with Crippen LogP contribution in [0.5, 0.6) is 0 Å². The van der Waals surface area contributed by atoms with Gasteiger partial charge in [-0.25, -0.2) is 0 Å². The Balaban J connectivity index is 1.79. The number of rotatable bonds is 4. The van der Waals surface area contributed by atoms with Crippen molar-refractivity contribution in [2.24, 2.45) is 5.41 Å². The first-order valence-corrected chi connectivity index (χ1v) is 12.2. The van der Waals surface area contributed by atoms with Crippen LogP contribution < -0.4 is 10.6 Å². The summed E-state index contributed by atoms with van der Waals surface area (Å²) in [6, 6.07) is 16.0. The van der Waals surface area contributed by atoms with Gasteiger partial charge in [0, 0.05) is 45.5 Å². The molecule has 0 saturated carbocycles. The first kappa shape index (κ1) is 22.4. The Morgan fingerprint density at radius 3 is 2.31 bits per heavy atom. The van der Waals surface area contributed by atoms with Gasteiger partial charge in [0.15, 0.2) is 5.78 Å². The van der Waals surface area contributed by atoms with Crippen LogP contribution in [-0.4, -0.2) is 17.9 Å². The van der Waals surface area contributed by atoms with Crippen molar-refractivity contribution < 1.29 is 9.59 Å². The number of allylic oxidation sites excluding steroid dienone is 3. The molecule has 1 aliphatic heterocycles. The fourth-order valence-electron chi connectivity index (χ4n) is 4.70. The number of thioether (sulfide) groups is 1. The van der Waals surface area contributed by atoms with E-state index < -0.39 is 0 Å². The van der Waals surface area contributed by atoms with Crippen LogP contribution >= 0.6 is 11.8 Å². The highest BCUT2D eigenvalue weighted by Gasteiger charge is 2.42. The number of hydrogen-bond acceptors (Lipinski definition) is 4. The van der Waals surface area contributed by atoms with E-state index in [9.17, 15) is 9.59 Å². The molecule has 166 valence electrons. The lowest BCUT2D eigenvalue weighted by Gasteiger charge is -2.39. The summed E-state index contributed by atoms with van der Waals surface area (Å²) >= 11 is 1.68. The molecule has 0 aromatic heterocycles. The van der Waals surface area contributed by atoms with E-state index in [0.717, 1.165) is 45.1 Å². The Labute approximate surface area is 194 Å². The van der Waals surface area contributed by atoms with Crippen molar-refractivity contribution >= 4 is 29.1 Å². The number of amides is 1. The number of aryl methyl sites for hydroxylation is 1. The van der Waals surface area contributed by atoms with Crippen molar-refractivity contribution in [1.82, 2.24) is 5.32 Å². The summed E-state index contributed by atoms with van der Waals surface area (Å²) in [5.74, 6) is -0.436. The molecule has 1 amide bonds. The molecule has 0 fully saturated rings. The van der Waals surface area contributed by atoms with Crippen LogP contribution in [0.2, 0.25) is 0 Å². The number of benzene rings is 2. The monoisotopic (exact) mass is 446 g/mol. The summed E-state index contributed by atoms with van der Waals surface area (Å²) in [5, 5.41) is 6.47. The molecule has 4 rings (SSSR count). The lowest BCUT2D eigenvalue weighted by molar-refractivity contribution is -0.118. The Bertz CT molecular complexity index is 1130. The number of ketones is 1. The molecular formula is C27H30N2O2S. The largest absolute Gasteiger partial charge is 0.362 e. The number of hydrogen-bond donors (Lipinski definition) is 2. The van der Waals surface area contributed by atoms with Crippen molar-refractivity contribution in [3.8, 4) is 0 Å². The first-order chi connectivity index (χ1) is 15.2. The molecule has 4 nitrogen and oxygen atoms in total. The van der Waals surface area contributed by atoms with Crippen LogP contribution in [0.1, 0.15) is 50.7 Å². The average Bonchev–Trinajstić information content (AvgIpc) is 2.73. The van der Waals surface area contributed by atoms with E-state index in [2.05, 4.69) is 36.6 Å². The van der Waals surface area contributed by atoms with E-state index in [1.807, 2.05) is 56.5 Å². The van der Waals surface area contributed by atoms with Gasteiger partial charge in [0.2, 0.25) is 0 Å². The van der Waals surface area contributed by atoms with E-state index in [0.29, 0.717) is 12.0 Å². The summed E-state index contributed by atoms with van der Waals surface area (Å²) in [4.78, 5) is 28.0. The molecule has 1 heterocycles. The van der Waals surface area contributed by atoms with Crippen molar-refractivity contribution in [3.05, 3.63) is 82.2 Å². The molecule has 2 aromatic rings. The van der Waals surface area contributed by atoms with Gasteiger partial charge < -0.3 is 10.6 Å². The third-order valence-electron chi connectivity index (χ3n) is 6.24. The van der Waals surface area contributed by atoms with Gasteiger partial charge in [0.05, 0.1) is 0 Å². The quantitative estimate of drug-likeness (QED) is 0.569. The number of carbonyl (C=O) groups is 2. The van der Waals surface area contributed by atoms with E-state index in [1.165, 1.54) is 0 Å². The molecule has 32 heavy (non-hydrogen) atoms. The molecule has 2 aromatic carbocycles. The van der Waals surface area contributed by atoms with Gasteiger partial charge in [-0.15, -0.1) is 11.8 Å². The number of nitrogens with one attached hydrogen (secondary N) is 2. The number of dihydropyridines is 1. The van der Waals surface area contributed by atoms with Gasteiger partial charge in [-0.1, -0.05) is 43.7 Å². The molecule has 5 heteroatoms. The van der Waals surface area contributed by atoms with Crippen molar-refractivity contribution in [3.63, 3.8) is 0 Å². The Morgan fingerprint density at radius 1 is 1.03 bits per heavy atom. The Hall–Kier alpha value is -2.79. The van der Waals surface area contributed by atoms with Crippen LogP contribution in [0.3, 0.4) is 0 Å². The van der Waals surface area contributed by atoms with Crippen molar-refractivity contribution in [1.29, 1.82) is 0 Å². The minimum Gasteiger partial charge on any atom is -0.362 e. The predicted octanol–water partition coefficient (Wildman–Crippen LogP) is 5.96. The molecule has 2 aliphatic rings. The summed E-state index contributed by atoms with van der Waals surface area (Å²) in [6.45, 7) is 8.19. The third kappa shape index (κ3) is 4.40. The molecule has 1 atom stereocenters. The standard InChI is InChI=1S/C27H30N2O2S/c1-16-6-10-19(11-7-16)29-26(31)23-17(2)28-21-14-27(3,4)15-22(30)25(21)24(23)18-8-12-20(32-5)13-9-18/h6-13,24,28H,14-15H2,1-5H3,(H,29,31)/t24-/m0/s1. The number of Topliss-reactive ketones (excluding diaryl/α,β-unsaturated/α-hetero) is 1. The van der Waals surface area contributed by atoms with Crippen molar-refractivity contribution in [2.45, 2.75) is 51.3 Å². The maximum Gasteiger partial charge on any atom is 0.254 e. The fourth-order valence-corrected chi connectivity index (χ4v) is 5.11. The molecular weight excluding hydrogens is 416 g/mol. The normalized spacial score (nSPS) is 20.0. The maximum atomic E-state index is 13.5. The fraction of sp³-hybridized carbons (Fsp3) is 0.333. The molecule has 2 N–H and O–H groups in total. The smallest absolute Gasteiger partial charge is 0.254 e. The van der Waals surface area contributed by atoms with E-state index in [-0.39, 0.29) is 23.0 Å². The second kappa shape index (κ2) is 8.62. The second-order valence-electron chi connectivity index (χ2n) is 9.52. The van der Waals surface area contributed by atoms with E-state index >= 15 is 0 Å². The van der Waals surface area contributed by atoms with E-state index in [1.54, 1.807) is 11.8 Å². The molecule has 1 aliphatic carbocycles. The zero-order valence-electron chi connectivity index (χ0n) is 19.3. The molecule has 0 spiro atoms. The third-order valence-corrected chi connectivity index (χ3v) is 6.99. The lowest BCUT2D eigenvalue weighted by atomic mass is 9.68. The van der Waals surface area contributed by atoms with Gasteiger partial charge >= 0.3 is 0 Å². The van der Waals surface area contributed by atoms with Gasteiger partial charge in [0.25, 0.3) is 5.91 Å². The van der Waals surface area contributed by atoms with Gasteiger partial charge in [0.1, 0.15) is 0 Å². The van der Waals surface area contributed by atoms with Gasteiger partial charge in [-0.2, -0.15) is 0 Å². The first-order valence-electron chi connectivity index (χ1n) is 10.9.